The van der Waals surface area contributed by atoms with E-state index in [1.807, 2.05) is 60.7 Å². The largest absolute Gasteiger partial charge is 0.495 e. The minimum absolute atomic E-state index is 0.330. The quantitative estimate of drug-likeness (QED) is 0.632. The molecule has 0 unspecified atom stereocenters. The summed E-state index contributed by atoms with van der Waals surface area (Å²) in [5, 5.41) is 8.36. The van der Waals surface area contributed by atoms with Crippen molar-refractivity contribution in [1.29, 1.82) is 0 Å². The molecule has 124 valence electrons. The Morgan fingerprint density at radius 1 is 0.833 bits per heavy atom. The number of ether oxygens (including phenoxy) is 1. The minimum atomic E-state index is -2.26. The van der Waals surface area contributed by atoms with Crippen LogP contribution in [0.15, 0.2) is 70.9 Å². The Bertz CT molecular complexity index is 666. The first-order valence-corrected chi connectivity index (χ1v) is 9.11. The number of carbonyl (C=O) groups is 2. The third-order valence-electron chi connectivity index (χ3n) is 2.97. The fourth-order valence-electron chi connectivity index (χ4n) is 2.02. The molecular weight excluding hydrogens is 324 g/mol. The lowest BCUT2D eigenvalue weighted by molar-refractivity contribution is 0.123. The van der Waals surface area contributed by atoms with Crippen LogP contribution in [0.25, 0.3) is 0 Å². The molecule has 6 nitrogen and oxygen atoms in total. The van der Waals surface area contributed by atoms with Crippen LogP contribution in [0.3, 0.4) is 0 Å². The van der Waals surface area contributed by atoms with Gasteiger partial charge >= 0.3 is 21.2 Å². The second-order valence-electron chi connectivity index (χ2n) is 5.22. The third kappa shape index (κ3) is 5.44. The molecule has 2 amide bonds. The number of rotatable bonds is 4. The Morgan fingerprint density at radius 3 is 1.75 bits per heavy atom. The summed E-state index contributed by atoms with van der Waals surface area (Å²) in [4.78, 5) is 23.2. The molecule has 0 bridgehead atoms. The second-order valence-corrected chi connectivity index (χ2v) is 7.55. The Hall–Kier alpha value is -2.80. The van der Waals surface area contributed by atoms with Gasteiger partial charge in [-0.3, -0.25) is 0 Å². The van der Waals surface area contributed by atoms with Crippen molar-refractivity contribution in [2.45, 2.75) is 20.0 Å². The van der Waals surface area contributed by atoms with Gasteiger partial charge in [0.2, 0.25) is 0 Å². The molecule has 0 N–H and O–H groups in total. The summed E-state index contributed by atoms with van der Waals surface area (Å²) in [7, 11) is -2.26. The lowest BCUT2D eigenvalue weighted by Gasteiger charge is -2.15. The van der Waals surface area contributed by atoms with Crippen LogP contribution >= 0.6 is 0 Å². The Morgan fingerprint density at radius 2 is 1.29 bits per heavy atom. The fourth-order valence-corrected chi connectivity index (χ4v) is 4.06. The van der Waals surface area contributed by atoms with Gasteiger partial charge in [0.15, 0.2) is 0 Å². The highest BCUT2D eigenvalue weighted by Crippen LogP contribution is 1.99. The summed E-state index contributed by atoms with van der Waals surface area (Å²) in [6, 6.07) is 18.9. The van der Waals surface area contributed by atoms with E-state index >= 15 is 0 Å². The Balaban J connectivity index is 2.13. The molecule has 7 heteroatoms. The van der Waals surface area contributed by atoms with Crippen molar-refractivity contribution >= 4 is 31.6 Å². The molecule has 0 aliphatic heterocycles. The smallest absolute Gasteiger partial charge is 0.452 e. The van der Waals surface area contributed by atoms with Crippen molar-refractivity contribution in [1.82, 2.24) is 0 Å². The SMILES string of the molecule is CC(C)OC(=O)N=NC(=O)O[SiH](c1ccccc1)c1ccccc1. The average Bonchev–Trinajstić information content (AvgIpc) is 2.59. The van der Waals surface area contributed by atoms with E-state index < -0.39 is 21.2 Å². The van der Waals surface area contributed by atoms with Crippen LogP contribution < -0.4 is 10.4 Å². The molecule has 24 heavy (non-hydrogen) atoms. The number of carbonyl (C=O) groups excluding carboxylic acids is 2. The van der Waals surface area contributed by atoms with E-state index in [1.54, 1.807) is 13.8 Å². The van der Waals surface area contributed by atoms with Gasteiger partial charge in [-0.1, -0.05) is 70.9 Å². The monoisotopic (exact) mass is 342 g/mol. The zero-order valence-electron chi connectivity index (χ0n) is 13.5. The first-order valence-electron chi connectivity index (χ1n) is 7.49. The third-order valence-corrected chi connectivity index (χ3v) is 5.39. The normalized spacial score (nSPS) is 11.0. The maximum Gasteiger partial charge on any atom is 0.452 e. The van der Waals surface area contributed by atoms with Crippen LogP contribution in [0, 0.1) is 0 Å². The highest BCUT2D eigenvalue weighted by molar-refractivity contribution is 6.81. The molecular formula is C17H18N2O4Si. The average molecular weight is 342 g/mol. The molecule has 0 aliphatic carbocycles. The molecule has 0 aliphatic rings. The fraction of sp³-hybridized carbons (Fsp3) is 0.176. The van der Waals surface area contributed by atoms with Crippen molar-refractivity contribution in [2.75, 3.05) is 0 Å². The van der Waals surface area contributed by atoms with Crippen molar-refractivity contribution in [3.63, 3.8) is 0 Å². The van der Waals surface area contributed by atoms with E-state index in [-0.39, 0.29) is 6.10 Å². The van der Waals surface area contributed by atoms with E-state index in [2.05, 4.69) is 10.2 Å². The summed E-state index contributed by atoms with van der Waals surface area (Å²) in [5.41, 5.74) is 0. The van der Waals surface area contributed by atoms with Crippen LogP contribution in [0.5, 0.6) is 0 Å². The molecule has 0 fully saturated rings. The Labute approximate surface area is 141 Å². The molecule has 0 heterocycles. The van der Waals surface area contributed by atoms with Gasteiger partial charge in [-0.25, -0.2) is 9.59 Å². The summed E-state index contributed by atoms with van der Waals surface area (Å²) in [5.74, 6) is 0. The molecule has 2 aromatic carbocycles. The van der Waals surface area contributed by atoms with Gasteiger partial charge in [0.1, 0.15) is 0 Å². The number of hydrogen-bond donors (Lipinski definition) is 0. The number of hydrogen-bond acceptors (Lipinski definition) is 4. The lowest BCUT2D eigenvalue weighted by atomic mass is 10.4. The van der Waals surface area contributed by atoms with E-state index in [1.165, 1.54) is 0 Å². The summed E-state index contributed by atoms with van der Waals surface area (Å²) in [6.45, 7) is 3.36. The van der Waals surface area contributed by atoms with E-state index in [0.717, 1.165) is 10.4 Å². The van der Waals surface area contributed by atoms with Crippen LogP contribution in [0.4, 0.5) is 9.59 Å². The Kier molecular flexibility index (Phi) is 6.38. The summed E-state index contributed by atoms with van der Waals surface area (Å²) < 4.78 is 10.3. The standard InChI is InChI=1S/C17H18N2O4Si/c1-13(2)22-16(20)18-19-17(21)23-24(14-9-5-3-6-10-14)15-11-7-4-8-12-15/h3-13,24H,1-2H3. The maximum absolute atomic E-state index is 11.9. The maximum atomic E-state index is 11.9. The van der Waals surface area contributed by atoms with Gasteiger partial charge in [0.05, 0.1) is 6.10 Å². The van der Waals surface area contributed by atoms with Gasteiger partial charge in [-0.2, -0.15) is 0 Å². The molecule has 0 aromatic heterocycles. The van der Waals surface area contributed by atoms with Crippen LogP contribution in [0.1, 0.15) is 13.8 Å². The topological polar surface area (TPSA) is 77.3 Å². The van der Waals surface area contributed by atoms with Crippen LogP contribution in [-0.2, 0) is 9.16 Å². The molecule has 2 rings (SSSR count). The molecule has 0 saturated carbocycles. The predicted octanol–water partition coefficient (Wildman–Crippen LogP) is 2.66. The summed E-state index contributed by atoms with van der Waals surface area (Å²) in [6.07, 6.45) is -2.15. The van der Waals surface area contributed by atoms with E-state index in [9.17, 15) is 9.59 Å². The zero-order valence-corrected chi connectivity index (χ0v) is 14.6. The van der Waals surface area contributed by atoms with Crippen molar-refractivity contribution in [2.24, 2.45) is 10.2 Å². The summed E-state index contributed by atoms with van der Waals surface area (Å²) >= 11 is 0. The lowest BCUT2D eigenvalue weighted by Crippen LogP contribution is -2.45. The van der Waals surface area contributed by atoms with Crippen molar-refractivity contribution < 1.29 is 18.8 Å². The number of amides is 2. The highest BCUT2D eigenvalue weighted by atomic mass is 28.3. The molecule has 0 saturated heterocycles. The van der Waals surface area contributed by atoms with Gasteiger partial charge in [-0.15, -0.1) is 0 Å². The van der Waals surface area contributed by atoms with Crippen molar-refractivity contribution in [3.05, 3.63) is 60.7 Å². The van der Waals surface area contributed by atoms with Gasteiger partial charge in [0.25, 0.3) is 0 Å². The first kappa shape index (κ1) is 17.5. The second kappa shape index (κ2) is 8.73. The van der Waals surface area contributed by atoms with E-state index in [0.29, 0.717) is 0 Å². The first-order chi connectivity index (χ1) is 11.6. The molecule has 0 radical (unpaired) electrons. The molecule has 0 atom stereocenters. The zero-order chi connectivity index (χ0) is 17.4. The van der Waals surface area contributed by atoms with Crippen LogP contribution in [-0.4, -0.2) is 27.3 Å². The molecule has 0 spiro atoms. The van der Waals surface area contributed by atoms with Crippen molar-refractivity contribution in [3.8, 4) is 0 Å². The predicted molar refractivity (Wildman–Crippen MR) is 92.3 cm³/mol. The van der Waals surface area contributed by atoms with Gasteiger partial charge in [0, 0.05) is 0 Å². The van der Waals surface area contributed by atoms with Gasteiger partial charge < -0.3 is 9.16 Å². The number of benzene rings is 2. The van der Waals surface area contributed by atoms with E-state index in [4.69, 9.17) is 9.16 Å². The number of azo groups is 1. The van der Waals surface area contributed by atoms with Crippen LogP contribution in [0.2, 0.25) is 0 Å². The molecule has 2 aromatic rings. The minimum Gasteiger partial charge on any atom is -0.495 e. The highest BCUT2D eigenvalue weighted by Gasteiger charge is 2.22. The van der Waals surface area contributed by atoms with Gasteiger partial charge in [-0.05, 0) is 24.2 Å². The number of nitrogens with zero attached hydrogens (tertiary/aromatic N) is 2.